The van der Waals surface area contributed by atoms with E-state index in [0.717, 1.165) is 77.0 Å². The van der Waals surface area contributed by atoms with Gasteiger partial charge in [0, 0.05) is 19.4 Å². The second kappa shape index (κ2) is 53.8. The van der Waals surface area contributed by atoms with Crippen LogP contribution in [0.15, 0.2) is 72.9 Å². The van der Waals surface area contributed by atoms with Crippen LogP contribution in [0.4, 0.5) is 0 Å². The summed E-state index contributed by atoms with van der Waals surface area (Å²) in [7, 11) is -4.37. The van der Waals surface area contributed by atoms with Crippen LogP contribution in [0.25, 0.3) is 0 Å². The van der Waals surface area contributed by atoms with Gasteiger partial charge in [-0.05, 0) is 64.2 Å². The van der Waals surface area contributed by atoms with E-state index in [4.69, 9.17) is 24.3 Å². The largest absolute Gasteiger partial charge is 0.472 e. The number of rotatable bonds is 52. The number of nitrogens with two attached hydrogens (primary N) is 1. The minimum absolute atomic E-state index is 0.0542. The van der Waals surface area contributed by atoms with Crippen molar-refractivity contribution in [2.75, 3.05) is 26.4 Å². The molecule has 0 aliphatic carbocycles. The number of esters is 2. The summed E-state index contributed by atoms with van der Waals surface area (Å²) in [6, 6.07) is 0. The standard InChI is InChI=1S/C58H104NO8P/c1-3-5-7-9-11-12-13-14-15-16-17-18-19-20-21-22-23-24-25-26-27-28-29-30-31-32-33-34-35-36-37-38-39-40-41-42-43-44-45-47-49-51-58(61)67-56(55-66-68(62,63)65-53-52-59)54-64-57(60)50-48-46-10-8-6-4-2/h5,7,11-12,14-15,17-18,20-21,23-24,56H,3-4,6,8-10,13,16,19,22,25-55,59H2,1-2H3,(H,62,63)/b7-5-,12-11-,15-14-,18-17-,21-20-,24-23-. The van der Waals surface area contributed by atoms with E-state index >= 15 is 0 Å². The third-order valence-electron chi connectivity index (χ3n) is 11.9. The van der Waals surface area contributed by atoms with Crippen molar-refractivity contribution in [3.63, 3.8) is 0 Å². The van der Waals surface area contributed by atoms with Gasteiger partial charge in [-0.2, -0.15) is 0 Å². The maximum atomic E-state index is 12.6. The average Bonchev–Trinajstić information content (AvgIpc) is 3.33. The Bertz CT molecular complexity index is 1340. The number of phosphoric acid groups is 1. The SMILES string of the molecule is CC/C=C\C/C=C\C/C=C\C/C=C\C/C=C\C/C=C\CCCCCCCCCCCCCCCCCCCCCCCCC(=O)OC(COC(=O)CCCCCCCC)COP(=O)(O)OCCN. The molecule has 0 fully saturated rings. The van der Waals surface area contributed by atoms with Gasteiger partial charge in [-0.1, -0.05) is 247 Å². The van der Waals surface area contributed by atoms with Crippen LogP contribution in [0.3, 0.4) is 0 Å². The number of hydrogen-bond acceptors (Lipinski definition) is 8. The molecule has 0 rings (SSSR count). The number of allylic oxidation sites excluding steroid dienone is 12. The lowest BCUT2D eigenvalue weighted by Gasteiger charge is -2.19. The molecular weight excluding hydrogens is 870 g/mol. The molecule has 0 aromatic carbocycles. The van der Waals surface area contributed by atoms with Crippen molar-refractivity contribution in [3.8, 4) is 0 Å². The lowest BCUT2D eigenvalue weighted by atomic mass is 10.0. The molecule has 0 spiro atoms. The van der Waals surface area contributed by atoms with Crippen molar-refractivity contribution in [2.24, 2.45) is 5.73 Å². The zero-order chi connectivity index (χ0) is 49.5. The first kappa shape index (κ1) is 65.5. The number of unbranched alkanes of at least 4 members (excludes halogenated alkanes) is 27. The molecule has 2 atom stereocenters. The molecule has 0 saturated carbocycles. The summed E-state index contributed by atoms with van der Waals surface area (Å²) in [6.07, 6.45) is 68.9. The zero-order valence-corrected chi connectivity index (χ0v) is 44.7. The molecule has 0 heterocycles. The maximum absolute atomic E-state index is 12.6. The molecule has 0 amide bonds. The lowest BCUT2D eigenvalue weighted by Crippen LogP contribution is -2.29. The maximum Gasteiger partial charge on any atom is 0.472 e. The van der Waals surface area contributed by atoms with Crippen LogP contribution in [-0.4, -0.2) is 49.3 Å². The Labute approximate surface area is 418 Å². The van der Waals surface area contributed by atoms with Crippen molar-refractivity contribution in [1.29, 1.82) is 0 Å². The minimum atomic E-state index is -4.37. The third kappa shape index (κ3) is 52.8. The summed E-state index contributed by atoms with van der Waals surface area (Å²) in [4.78, 5) is 34.7. The van der Waals surface area contributed by atoms with Gasteiger partial charge in [0.1, 0.15) is 6.61 Å². The second-order valence-electron chi connectivity index (χ2n) is 18.4. The topological polar surface area (TPSA) is 134 Å². The number of carbonyl (C=O) groups is 2. The molecule has 0 bridgehead atoms. The van der Waals surface area contributed by atoms with Gasteiger partial charge in [-0.15, -0.1) is 0 Å². The summed E-state index contributed by atoms with van der Waals surface area (Å²) in [5.74, 6) is -0.831. The van der Waals surface area contributed by atoms with E-state index in [0.29, 0.717) is 6.42 Å². The molecule has 3 N–H and O–H groups in total. The van der Waals surface area contributed by atoms with Crippen molar-refractivity contribution < 1.29 is 37.6 Å². The molecule has 0 aromatic rings. The van der Waals surface area contributed by atoms with Gasteiger partial charge >= 0.3 is 19.8 Å². The van der Waals surface area contributed by atoms with Gasteiger partial charge < -0.3 is 20.1 Å². The molecule has 0 radical (unpaired) electrons. The number of ether oxygens (including phenoxy) is 2. The Morgan fingerprint density at radius 1 is 0.456 bits per heavy atom. The highest BCUT2D eigenvalue weighted by Gasteiger charge is 2.26. The number of phosphoric ester groups is 1. The van der Waals surface area contributed by atoms with Crippen LogP contribution in [-0.2, 0) is 32.7 Å². The van der Waals surface area contributed by atoms with E-state index in [1.165, 1.54) is 141 Å². The fourth-order valence-electron chi connectivity index (χ4n) is 7.76. The van der Waals surface area contributed by atoms with Crippen LogP contribution in [0.1, 0.15) is 251 Å². The molecule has 0 saturated heterocycles. The van der Waals surface area contributed by atoms with Crippen molar-refractivity contribution in [3.05, 3.63) is 72.9 Å². The van der Waals surface area contributed by atoms with E-state index in [1.807, 2.05) is 0 Å². The Morgan fingerprint density at radius 3 is 1.21 bits per heavy atom. The van der Waals surface area contributed by atoms with Gasteiger partial charge in [0.15, 0.2) is 6.10 Å². The highest BCUT2D eigenvalue weighted by Crippen LogP contribution is 2.43. The summed E-state index contributed by atoms with van der Waals surface area (Å²) in [5, 5.41) is 0. The summed E-state index contributed by atoms with van der Waals surface area (Å²) in [6.45, 7) is 3.56. The first-order valence-corrected chi connectivity index (χ1v) is 29.4. The summed E-state index contributed by atoms with van der Waals surface area (Å²) >= 11 is 0. The number of carbonyl (C=O) groups excluding carboxylic acids is 2. The van der Waals surface area contributed by atoms with Crippen LogP contribution < -0.4 is 5.73 Å². The van der Waals surface area contributed by atoms with Crippen molar-refractivity contribution in [1.82, 2.24) is 0 Å². The van der Waals surface area contributed by atoms with Gasteiger partial charge in [0.2, 0.25) is 0 Å². The smallest absolute Gasteiger partial charge is 0.462 e. The zero-order valence-electron chi connectivity index (χ0n) is 43.8. The molecule has 68 heavy (non-hydrogen) atoms. The van der Waals surface area contributed by atoms with Gasteiger partial charge in [0.25, 0.3) is 0 Å². The van der Waals surface area contributed by atoms with E-state index < -0.39 is 26.5 Å². The van der Waals surface area contributed by atoms with E-state index in [1.54, 1.807) is 0 Å². The molecule has 9 nitrogen and oxygen atoms in total. The quantitative estimate of drug-likeness (QED) is 0.0264. The fourth-order valence-corrected chi connectivity index (χ4v) is 8.52. The molecular formula is C58H104NO8P. The van der Waals surface area contributed by atoms with Gasteiger partial charge in [0.05, 0.1) is 13.2 Å². The average molecular weight is 974 g/mol. The van der Waals surface area contributed by atoms with Crippen LogP contribution in [0.2, 0.25) is 0 Å². The van der Waals surface area contributed by atoms with E-state index in [2.05, 4.69) is 86.8 Å². The molecule has 2 unspecified atom stereocenters. The highest BCUT2D eigenvalue weighted by atomic mass is 31.2. The molecule has 0 aliphatic heterocycles. The Hall–Kier alpha value is -2.55. The lowest BCUT2D eigenvalue weighted by molar-refractivity contribution is -0.161. The van der Waals surface area contributed by atoms with Crippen molar-refractivity contribution in [2.45, 2.75) is 258 Å². The van der Waals surface area contributed by atoms with Crippen LogP contribution in [0, 0.1) is 0 Å². The molecule has 0 aromatic heterocycles. The Kier molecular flexibility index (Phi) is 51.8. The Balaban J connectivity index is 3.67. The molecule has 0 aliphatic rings. The summed E-state index contributed by atoms with van der Waals surface area (Å²) < 4.78 is 32.7. The highest BCUT2D eigenvalue weighted by molar-refractivity contribution is 7.47. The first-order chi connectivity index (χ1) is 33.3. The molecule has 10 heteroatoms. The normalized spacial score (nSPS) is 13.6. The van der Waals surface area contributed by atoms with Gasteiger partial charge in [-0.25, -0.2) is 4.57 Å². The van der Waals surface area contributed by atoms with Crippen LogP contribution in [0.5, 0.6) is 0 Å². The fraction of sp³-hybridized carbons (Fsp3) is 0.759. The van der Waals surface area contributed by atoms with Gasteiger partial charge in [-0.3, -0.25) is 18.6 Å². The van der Waals surface area contributed by atoms with E-state index in [9.17, 15) is 19.0 Å². The number of hydrogen-bond donors (Lipinski definition) is 2. The van der Waals surface area contributed by atoms with Crippen LogP contribution >= 0.6 is 7.82 Å². The van der Waals surface area contributed by atoms with Crippen molar-refractivity contribution >= 4 is 19.8 Å². The first-order valence-electron chi connectivity index (χ1n) is 27.9. The monoisotopic (exact) mass is 974 g/mol. The summed E-state index contributed by atoms with van der Waals surface area (Å²) in [5.41, 5.74) is 5.34. The van der Waals surface area contributed by atoms with E-state index in [-0.39, 0.29) is 38.6 Å². The Morgan fingerprint density at radius 2 is 0.809 bits per heavy atom. The second-order valence-corrected chi connectivity index (χ2v) is 19.9. The third-order valence-corrected chi connectivity index (χ3v) is 12.8. The minimum Gasteiger partial charge on any atom is -0.462 e. The molecule has 394 valence electrons. The predicted molar refractivity (Wildman–Crippen MR) is 289 cm³/mol. The predicted octanol–water partition coefficient (Wildman–Crippen LogP) is 17.3.